The number of likely N-dealkylation sites (tertiary alicyclic amines) is 1. The van der Waals surface area contributed by atoms with E-state index in [-0.39, 0.29) is 5.91 Å². The van der Waals surface area contributed by atoms with Crippen LogP contribution in [0.15, 0.2) is 0 Å². The fourth-order valence-electron chi connectivity index (χ4n) is 4.67. The standard InChI is InChI=1S/C20H25N5OS/c1-3-13-8-6-7-11-24(13)20(26)17-22-18-16-14-9-4-5-10-15(14)27-19(16)21-12(2)25(18)23-17/h13H,3-11H2,1-2H3/t13-/m0/s1. The summed E-state index contributed by atoms with van der Waals surface area (Å²) in [6.07, 6.45) is 9.01. The normalized spacial score (nSPS) is 20.4. The number of hydrogen-bond donors (Lipinski definition) is 0. The van der Waals surface area contributed by atoms with Crippen molar-refractivity contribution in [3.05, 3.63) is 22.1 Å². The lowest BCUT2D eigenvalue weighted by atomic mass is 9.97. The topological polar surface area (TPSA) is 63.4 Å². The number of aryl methyl sites for hydroxylation is 3. The third kappa shape index (κ3) is 2.66. The summed E-state index contributed by atoms with van der Waals surface area (Å²) < 4.78 is 1.78. The fourth-order valence-corrected chi connectivity index (χ4v) is 5.97. The number of thiophene rings is 1. The van der Waals surface area contributed by atoms with Crippen LogP contribution >= 0.6 is 11.3 Å². The lowest BCUT2D eigenvalue weighted by Crippen LogP contribution is -2.43. The molecule has 142 valence electrons. The van der Waals surface area contributed by atoms with E-state index in [2.05, 4.69) is 12.0 Å². The van der Waals surface area contributed by atoms with E-state index >= 15 is 0 Å². The predicted octanol–water partition coefficient (Wildman–Crippen LogP) is 3.93. The number of piperidine rings is 1. The van der Waals surface area contributed by atoms with Crippen LogP contribution < -0.4 is 0 Å². The average Bonchev–Trinajstić information content (AvgIpc) is 3.29. The van der Waals surface area contributed by atoms with Crippen molar-refractivity contribution < 1.29 is 4.79 Å². The van der Waals surface area contributed by atoms with Crippen LogP contribution in [0.25, 0.3) is 15.9 Å². The molecule has 2 aliphatic rings. The van der Waals surface area contributed by atoms with Gasteiger partial charge in [0.2, 0.25) is 5.82 Å². The van der Waals surface area contributed by atoms with Crippen molar-refractivity contribution >= 4 is 33.1 Å². The van der Waals surface area contributed by atoms with Crippen LogP contribution in [0.3, 0.4) is 0 Å². The minimum atomic E-state index is -0.0260. The largest absolute Gasteiger partial charge is 0.333 e. The molecule has 1 fully saturated rings. The Morgan fingerprint density at radius 3 is 2.89 bits per heavy atom. The number of nitrogens with zero attached hydrogens (tertiary/aromatic N) is 5. The molecule has 0 spiro atoms. The summed E-state index contributed by atoms with van der Waals surface area (Å²) in [5.74, 6) is 1.10. The maximum atomic E-state index is 13.2. The van der Waals surface area contributed by atoms with E-state index in [1.807, 2.05) is 11.8 Å². The second-order valence-corrected chi connectivity index (χ2v) is 8.86. The lowest BCUT2D eigenvalue weighted by molar-refractivity contribution is 0.0595. The predicted molar refractivity (Wildman–Crippen MR) is 107 cm³/mol. The van der Waals surface area contributed by atoms with E-state index in [4.69, 9.17) is 9.97 Å². The van der Waals surface area contributed by atoms with E-state index in [1.165, 1.54) is 29.7 Å². The lowest BCUT2D eigenvalue weighted by Gasteiger charge is -2.34. The quantitative estimate of drug-likeness (QED) is 0.673. The summed E-state index contributed by atoms with van der Waals surface area (Å²) in [7, 11) is 0. The summed E-state index contributed by atoms with van der Waals surface area (Å²) in [6.45, 7) is 4.92. The molecule has 7 heteroatoms. The molecule has 1 amide bonds. The molecule has 1 atom stereocenters. The summed E-state index contributed by atoms with van der Waals surface area (Å²) in [5, 5.41) is 5.71. The monoisotopic (exact) mass is 383 g/mol. The molecule has 0 saturated carbocycles. The molecule has 6 nitrogen and oxygen atoms in total. The highest BCUT2D eigenvalue weighted by atomic mass is 32.1. The zero-order chi connectivity index (χ0) is 18.5. The number of rotatable bonds is 2. The second kappa shape index (κ2) is 6.55. The van der Waals surface area contributed by atoms with Gasteiger partial charge >= 0.3 is 0 Å². The molecule has 4 heterocycles. The van der Waals surface area contributed by atoms with Crippen LogP contribution in [-0.4, -0.2) is 43.0 Å². The number of carbonyl (C=O) groups is 1. The third-order valence-corrected chi connectivity index (χ3v) is 7.29. The van der Waals surface area contributed by atoms with Gasteiger partial charge in [0.25, 0.3) is 5.91 Å². The summed E-state index contributed by atoms with van der Waals surface area (Å²) in [5.41, 5.74) is 2.19. The molecule has 1 aliphatic carbocycles. The highest BCUT2D eigenvalue weighted by Gasteiger charge is 2.30. The van der Waals surface area contributed by atoms with Crippen LogP contribution in [0.2, 0.25) is 0 Å². The smallest absolute Gasteiger partial charge is 0.293 e. The van der Waals surface area contributed by atoms with Crippen molar-refractivity contribution in [2.75, 3.05) is 6.54 Å². The molecular weight excluding hydrogens is 358 g/mol. The van der Waals surface area contributed by atoms with Gasteiger partial charge < -0.3 is 4.90 Å². The van der Waals surface area contributed by atoms with E-state index in [0.29, 0.717) is 11.9 Å². The molecule has 0 unspecified atom stereocenters. The number of aromatic nitrogens is 4. The molecule has 3 aromatic rings. The van der Waals surface area contributed by atoms with Crippen molar-refractivity contribution in [3.63, 3.8) is 0 Å². The van der Waals surface area contributed by atoms with E-state index in [1.54, 1.807) is 15.9 Å². The Hall–Kier alpha value is -2.02. The van der Waals surface area contributed by atoms with Crippen molar-refractivity contribution in [2.45, 2.75) is 71.3 Å². The van der Waals surface area contributed by atoms with Gasteiger partial charge in [-0.2, -0.15) is 4.52 Å². The van der Waals surface area contributed by atoms with Crippen molar-refractivity contribution in [3.8, 4) is 0 Å². The zero-order valence-corrected chi connectivity index (χ0v) is 16.8. The van der Waals surface area contributed by atoms with Crippen molar-refractivity contribution in [1.29, 1.82) is 0 Å². The first-order valence-corrected chi connectivity index (χ1v) is 11.0. The number of carbonyl (C=O) groups excluding carboxylic acids is 1. The molecule has 1 saturated heterocycles. The van der Waals surface area contributed by atoms with E-state index in [9.17, 15) is 4.79 Å². The molecule has 0 aromatic carbocycles. The second-order valence-electron chi connectivity index (χ2n) is 7.78. The SMILES string of the molecule is CC[C@H]1CCCCN1C(=O)c1nc2c3c4c(sc3nc(C)n2n1)CCCC4. The Balaban J connectivity index is 1.64. The highest BCUT2D eigenvalue weighted by Crippen LogP contribution is 2.37. The molecule has 5 rings (SSSR count). The van der Waals surface area contributed by atoms with Gasteiger partial charge in [0, 0.05) is 17.5 Å². The molecule has 0 bridgehead atoms. The summed E-state index contributed by atoms with van der Waals surface area (Å²) >= 11 is 1.79. The van der Waals surface area contributed by atoms with Crippen molar-refractivity contribution in [2.24, 2.45) is 0 Å². The minimum Gasteiger partial charge on any atom is -0.333 e. The van der Waals surface area contributed by atoms with Crippen molar-refractivity contribution in [1.82, 2.24) is 24.5 Å². The number of hydrogen-bond acceptors (Lipinski definition) is 5. The van der Waals surface area contributed by atoms with E-state index < -0.39 is 0 Å². The summed E-state index contributed by atoms with van der Waals surface area (Å²) in [4.78, 5) is 27.2. The number of amides is 1. The molecule has 0 N–H and O–H groups in total. The van der Waals surface area contributed by atoms with Gasteiger partial charge in [-0.3, -0.25) is 4.79 Å². The Kier molecular flexibility index (Phi) is 4.15. The maximum absolute atomic E-state index is 13.2. The molecule has 1 aliphatic heterocycles. The Morgan fingerprint density at radius 2 is 2.04 bits per heavy atom. The third-order valence-electron chi connectivity index (χ3n) is 6.10. The zero-order valence-electron chi connectivity index (χ0n) is 16.0. The van der Waals surface area contributed by atoms with Crippen LogP contribution in [-0.2, 0) is 12.8 Å². The fraction of sp³-hybridized carbons (Fsp3) is 0.600. The molecular formula is C20H25N5OS. The van der Waals surface area contributed by atoms with Gasteiger partial charge in [0.15, 0.2) is 5.65 Å². The first-order chi connectivity index (χ1) is 13.2. The van der Waals surface area contributed by atoms with E-state index in [0.717, 1.165) is 60.3 Å². The minimum absolute atomic E-state index is 0.0260. The van der Waals surface area contributed by atoms with Crippen LogP contribution in [0.5, 0.6) is 0 Å². The molecule has 27 heavy (non-hydrogen) atoms. The Morgan fingerprint density at radius 1 is 1.19 bits per heavy atom. The first kappa shape index (κ1) is 17.1. The summed E-state index contributed by atoms with van der Waals surface area (Å²) in [6, 6.07) is 0.311. The van der Waals surface area contributed by atoms with Gasteiger partial charge in [-0.1, -0.05) is 6.92 Å². The van der Waals surface area contributed by atoms with Crippen LogP contribution in [0.4, 0.5) is 0 Å². The molecule has 3 aromatic heterocycles. The first-order valence-electron chi connectivity index (χ1n) is 10.2. The van der Waals surface area contributed by atoms with Crippen LogP contribution in [0.1, 0.15) is 72.3 Å². The van der Waals surface area contributed by atoms with Crippen LogP contribution in [0, 0.1) is 6.92 Å². The highest BCUT2D eigenvalue weighted by molar-refractivity contribution is 7.19. The van der Waals surface area contributed by atoms with Gasteiger partial charge in [-0.05, 0) is 63.9 Å². The average molecular weight is 384 g/mol. The molecule has 0 radical (unpaired) electrons. The van der Waals surface area contributed by atoms with Gasteiger partial charge in [0.05, 0.1) is 5.39 Å². The van der Waals surface area contributed by atoms with Gasteiger partial charge in [-0.25, -0.2) is 9.97 Å². The maximum Gasteiger partial charge on any atom is 0.293 e. The van der Waals surface area contributed by atoms with Gasteiger partial charge in [0.1, 0.15) is 10.7 Å². The van der Waals surface area contributed by atoms with Gasteiger partial charge in [-0.15, -0.1) is 16.4 Å². The Bertz CT molecular complexity index is 1040. The Labute approximate surface area is 162 Å². The number of fused-ring (bicyclic) bond motifs is 5.